The molecule has 3 unspecified atom stereocenters. The lowest BCUT2D eigenvalue weighted by Crippen LogP contribution is -2.31. The predicted molar refractivity (Wildman–Crippen MR) is 83.6 cm³/mol. The van der Waals surface area contributed by atoms with Crippen LogP contribution in [0.15, 0.2) is 59.6 Å². The quantitative estimate of drug-likeness (QED) is 0.714. The molecule has 1 nitrogen and oxygen atoms in total. The van der Waals surface area contributed by atoms with Gasteiger partial charge in [0.15, 0.2) is 0 Å². The molecule has 1 fully saturated rings. The molecule has 1 saturated carbocycles. The second kappa shape index (κ2) is 4.90. The van der Waals surface area contributed by atoms with E-state index in [9.17, 15) is 0 Å². The highest BCUT2D eigenvalue weighted by Crippen LogP contribution is 2.47. The van der Waals surface area contributed by atoms with Crippen molar-refractivity contribution in [3.63, 3.8) is 0 Å². The number of aliphatic imine (C=N–C) groups is 1. The summed E-state index contributed by atoms with van der Waals surface area (Å²) in [5, 5.41) is 0. The van der Waals surface area contributed by atoms with Crippen molar-refractivity contribution in [2.24, 2.45) is 4.99 Å². The Morgan fingerprint density at radius 2 is 1.65 bits per heavy atom. The van der Waals surface area contributed by atoms with E-state index in [2.05, 4.69) is 60.8 Å². The molecule has 100 valence electrons. The van der Waals surface area contributed by atoms with Crippen molar-refractivity contribution in [2.75, 3.05) is 0 Å². The zero-order chi connectivity index (χ0) is 13.4. The fraction of sp³-hybridized carbons (Fsp3) is 0.316. The lowest BCUT2D eigenvalue weighted by atomic mass is 9.68. The molecule has 3 atom stereocenters. The van der Waals surface area contributed by atoms with Crippen LogP contribution in [0.5, 0.6) is 0 Å². The first-order chi connectivity index (χ1) is 9.93. The van der Waals surface area contributed by atoms with Gasteiger partial charge in [-0.2, -0.15) is 0 Å². The molecule has 0 bridgehead atoms. The zero-order valence-corrected chi connectivity index (χ0v) is 11.6. The molecule has 0 aromatic heterocycles. The Morgan fingerprint density at radius 1 is 0.850 bits per heavy atom. The van der Waals surface area contributed by atoms with Gasteiger partial charge in [-0.05, 0) is 35.4 Å². The summed E-state index contributed by atoms with van der Waals surface area (Å²) >= 11 is 0. The lowest BCUT2D eigenvalue weighted by molar-refractivity contribution is 0.338. The van der Waals surface area contributed by atoms with Crippen LogP contribution < -0.4 is 0 Å². The van der Waals surface area contributed by atoms with Crippen LogP contribution in [-0.4, -0.2) is 12.3 Å². The van der Waals surface area contributed by atoms with Gasteiger partial charge in [0.05, 0.1) is 6.04 Å². The molecule has 1 aliphatic heterocycles. The maximum absolute atomic E-state index is 4.84. The Labute approximate surface area is 120 Å². The molecular weight excluding hydrogens is 242 g/mol. The molecule has 1 heterocycles. The van der Waals surface area contributed by atoms with E-state index in [1.54, 1.807) is 0 Å². The normalized spacial score (nSPS) is 27.7. The molecule has 0 spiro atoms. The van der Waals surface area contributed by atoms with Gasteiger partial charge < -0.3 is 0 Å². The number of rotatable bonds is 1. The van der Waals surface area contributed by atoms with Crippen molar-refractivity contribution in [1.82, 2.24) is 0 Å². The summed E-state index contributed by atoms with van der Waals surface area (Å²) in [6, 6.07) is 20.3. The summed E-state index contributed by atoms with van der Waals surface area (Å²) in [4.78, 5) is 4.84. The second-order valence-corrected chi connectivity index (χ2v) is 5.95. The highest BCUT2D eigenvalue weighted by Gasteiger charge is 2.37. The van der Waals surface area contributed by atoms with Crippen molar-refractivity contribution in [3.05, 3.63) is 71.3 Å². The molecule has 2 aromatic rings. The standard InChI is InChI=1S/C19H19N/c1-2-7-14(8-3-1)16-11-6-12-18-19(16)17-10-5-4-9-15(17)13-20-18/h1-5,7-10,13,16,18-19H,6,11-12H2. The van der Waals surface area contributed by atoms with Gasteiger partial charge >= 0.3 is 0 Å². The van der Waals surface area contributed by atoms with Gasteiger partial charge in [0.2, 0.25) is 0 Å². The molecule has 0 saturated heterocycles. The van der Waals surface area contributed by atoms with E-state index < -0.39 is 0 Å². The minimum absolute atomic E-state index is 0.476. The lowest BCUT2D eigenvalue weighted by Gasteiger charge is -2.39. The van der Waals surface area contributed by atoms with Gasteiger partial charge in [-0.25, -0.2) is 0 Å². The van der Waals surface area contributed by atoms with Crippen LogP contribution >= 0.6 is 0 Å². The maximum Gasteiger partial charge on any atom is 0.0574 e. The first kappa shape index (κ1) is 11.9. The fourth-order valence-electron chi connectivity index (χ4n) is 3.95. The van der Waals surface area contributed by atoms with Crippen molar-refractivity contribution < 1.29 is 0 Å². The summed E-state index contributed by atoms with van der Waals surface area (Å²) in [7, 11) is 0. The van der Waals surface area contributed by atoms with Crippen LogP contribution in [-0.2, 0) is 0 Å². The first-order valence-electron chi connectivity index (χ1n) is 7.60. The van der Waals surface area contributed by atoms with Gasteiger partial charge in [-0.3, -0.25) is 4.99 Å². The van der Waals surface area contributed by atoms with Gasteiger partial charge in [0.1, 0.15) is 0 Å². The average molecular weight is 261 g/mol. The van der Waals surface area contributed by atoms with E-state index in [-0.39, 0.29) is 0 Å². The van der Waals surface area contributed by atoms with E-state index in [1.807, 2.05) is 0 Å². The monoisotopic (exact) mass is 261 g/mol. The zero-order valence-electron chi connectivity index (χ0n) is 11.6. The van der Waals surface area contributed by atoms with E-state index >= 15 is 0 Å². The predicted octanol–water partition coefficient (Wildman–Crippen LogP) is 4.54. The summed E-state index contributed by atoms with van der Waals surface area (Å²) in [5.41, 5.74) is 4.30. The molecule has 0 amide bonds. The molecule has 0 N–H and O–H groups in total. The Kier molecular flexibility index (Phi) is 2.91. The molecule has 1 aliphatic carbocycles. The van der Waals surface area contributed by atoms with Gasteiger partial charge in [0.25, 0.3) is 0 Å². The summed E-state index contributed by atoms with van der Waals surface area (Å²) in [6.07, 6.45) is 5.90. The highest BCUT2D eigenvalue weighted by atomic mass is 14.8. The number of benzene rings is 2. The maximum atomic E-state index is 4.84. The SMILES string of the molecule is C1=NC2CCCC(c3ccccc3)C2c2ccccc21. The molecule has 1 heteroatoms. The van der Waals surface area contributed by atoms with Crippen molar-refractivity contribution in [1.29, 1.82) is 0 Å². The van der Waals surface area contributed by atoms with E-state index in [0.29, 0.717) is 17.9 Å². The summed E-state index contributed by atoms with van der Waals surface area (Å²) < 4.78 is 0. The van der Waals surface area contributed by atoms with Gasteiger partial charge in [-0.15, -0.1) is 0 Å². The van der Waals surface area contributed by atoms with E-state index in [4.69, 9.17) is 4.99 Å². The number of hydrogen-bond donors (Lipinski definition) is 0. The Morgan fingerprint density at radius 3 is 2.55 bits per heavy atom. The number of nitrogens with zero attached hydrogens (tertiary/aromatic N) is 1. The van der Waals surface area contributed by atoms with Crippen LogP contribution in [0.25, 0.3) is 0 Å². The van der Waals surface area contributed by atoms with Crippen LogP contribution in [0.2, 0.25) is 0 Å². The summed E-state index contributed by atoms with van der Waals surface area (Å²) in [5.74, 6) is 1.18. The third kappa shape index (κ3) is 1.89. The molecule has 2 aromatic carbocycles. The topological polar surface area (TPSA) is 12.4 Å². The third-order valence-electron chi connectivity index (χ3n) is 4.85. The Hall–Kier alpha value is -1.89. The largest absolute Gasteiger partial charge is 0.289 e. The van der Waals surface area contributed by atoms with Crippen LogP contribution in [0.3, 0.4) is 0 Å². The van der Waals surface area contributed by atoms with Crippen LogP contribution in [0, 0.1) is 0 Å². The number of hydrogen-bond acceptors (Lipinski definition) is 1. The van der Waals surface area contributed by atoms with Crippen molar-refractivity contribution in [3.8, 4) is 0 Å². The minimum atomic E-state index is 0.476. The van der Waals surface area contributed by atoms with Gasteiger partial charge in [-0.1, -0.05) is 61.0 Å². The minimum Gasteiger partial charge on any atom is -0.289 e. The third-order valence-corrected chi connectivity index (χ3v) is 4.85. The fourth-order valence-corrected chi connectivity index (χ4v) is 3.95. The van der Waals surface area contributed by atoms with Crippen LogP contribution in [0.1, 0.15) is 47.8 Å². The molecule has 4 rings (SSSR count). The molecule has 20 heavy (non-hydrogen) atoms. The van der Waals surface area contributed by atoms with Crippen LogP contribution in [0.4, 0.5) is 0 Å². The first-order valence-corrected chi connectivity index (χ1v) is 7.60. The van der Waals surface area contributed by atoms with E-state index in [0.717, 1.165) is 0 Å². The van der Waals surface area contributed by atoms with Crippen molar-refractivity contribution in [2.45, 2.75) is 37.1 Å². The number of fused-ring (bicyclic) bond motifs is 3. The smallest absolute Gasteiger partial charge is 0.0574 e. The highest BCUT2D eigenvalue weighted by molar-refractivity contribution is 5.83. The van der Waals surface area contributed by atoms with Crippen molar-refractivity contribution >= 4 is 6.21 Å². The summed E-state index contributed by atoms with van der Waals surface area (Å²) in [6.45, 7) is 0. The molecule has 2 aliphatic rings. The molecular formula is C19H19N. The molecule has 0 radical (unpaired) electrons. The second-order valence-electron chi connectivity index (χ2n) is 5.95. The average Bonchev–Trinajstić information content (AvgIpc) is 2.55. The van der Waals surface area contributed by atoms with Gasteiger partial charge in [0, 0.05) is 12.1 Å². The van der Waals surface area contributed by atoms with E-state index in [1.165, 1.54) is 36.0 Å². The Bertz CT molecular complexity index is 629. The Balaban J connectivity index is 1.80.